The third-order valence-corrected chi connectivity index (χ3v) is 4.04. The standard InChI is InChI=1S/C19H23N3O3S/c1-12(2)11-24-15-7-14(8-16(9-15)25-13(3)4)18(23)22-19-21-10-17(26-19)5-6-20/h7-10,12-13H,5,11H2,1-4H3,(H,21,22,23). The van der Waals surface area contributed by atoms with E-state index in [9.17, 15) is 4.79 Å². The quantitative estimate of drug-likeness (QED) is 0.746. The fraction of sp³-hybridized carbons (Fsp3) is 0.421. The number of thiazole rings is 1. The van der Waals surface area contributed by atoms with Crippen molar-refractivity contribution in [3.05, 3.63) is 34.8 Å². The lowest BCUT2D eigenvalue weighted by Gasteiger charge is -2.15. The fourth-order valence-electron chi connectivity index (χ4n) is 2.08. The van der Waals surface area contributed by atoms with Crippen LogP contribution in [-0.4, -0.2) is 23.6 Å². The summed E-state index contributed by atoms with van der Waals surface area (Å²) in [5, 5.41) is 11.9. The number of nitrogens with zero attached hydrogens (tertiary/aromatic N) is 2. The maximum atomic E-state index is 12.6. The second kappa shape index (κ2) is 9.20. The third-order valence-electron chi connectivity index (χ3n) is 3.12. The molecule has 138 valence electrons. The summed E-state index contributed by atoms with van der Waals surface area (Å²) >= 11 is 1.29. The highest BCUT2D eigenvalue weighted by molar-refractivity contribution is 7.15. The van der Waals surface area contributed by atoms with Crippen molar-refractivity contribution in [1.82, 2.24) is 4.98 Å². The third kappa shape index (κ3) is 6.05. The predicted molar refractivity (Wildman–Crippen MR) is 102 cm³/mol. The van der Waals surface area contributed by atoms with Crippen molar-refractivity contribution in [3.63, 3.8) is 0 Å². The lowest BCUT2D eigenvalue weighted by Crippen LogP contribution is -2.13. The molecule has 7 heteroatoms. The number of ether oxygens (including phenoxy) is 2. The van der Waals surface area contributed by atoms with Gasteiger partial charge in [0.05, 0.1) is 25.2 Å². The number of nitriles is 1. The minimum atomic E-state index is -0.300. The van der Waals surface area contributed by atoms with Crippen LogP contribution in [0.15, 0.2) is 24.4 Å². The van der Waals surface area contributed by atoms with Crippen molar-refractivity contribution in [3.8, 4) is 17.6 Å². The number of nitrogens with one attached hydrogen (secondary N) is 1. The molecule has 2 aromatic rings. The summed E-state index contributed by atoms with van der Waals surface area (Å²) in [6.07, 6.45) is 1.86. The molecule has 2 rings (SSSR count). The summed E-state index contributed by atoms with van der Waals surface area (Å²) in [6.45, 7) is 8.52. The highest BCUT2D eigenvalue weighted by atomic mass is 32.1. The zero-order valence-electron chi connectivity index (χ0n) is 15.4. The summed E-state index contributed by atoms with van der Waals surface area (Å²) in [5.74, 6) is 1.24. The van der Waals surface area contributed by atoms with Gasteiger partial charge in [0.25, 0.3) is 5.91 Å². The molecule has 6 nitrogen and oxygen atoms in total. The molecule has 1 aromatic heterocycles. The summed E-state index contributed by atoms with van der Waals surface area (Å²) in [7, 11) is 0. The Labute approximate surface area is 157 Å². The van der Waals surface area contributed by atoms with Crippen molar-refractivity contribution in [2.24, 2.45) is 5.92 Å². The Kier molecular flexibility index (Phi) is 6.98. The van der Waals surface area contributed by atoms with E-state index in [-0.39, 0.29) is 18.4 Å². The van der Waals surface area contributed by atoms with Gasteiger partial charge in [-0.05, 0) is 31.9 Å². The molecule has 0 bridgehead atoms. The molecule has 0 unspecified atom stereocenters. The van der Waals surface area contributed by atoms with Crippen LogP contribution in [0.5, 0.6) is 11.5 Å². The number of amides is 1. The minimum absolute atomic E-state index is 0.0150. The lowest BCUT2D eigenvalue weighted by atomic mass is 10.2. The van der Waals surface area contributed by atoms with E-state index in [1.54, 1.807) is 24.4 Å². The second-order valence-corrected chi connectivity index (χ2v) is 7.60. The van der Waals surface area contributed by atoms with E-state index in [2.05, 4.69) is 30.2 Å². The van der Waals surface area contributed by atoms with Gasteiger partial charge in [0.15, 0.2) is 5.13 Å². The predicted octanol–water partition coefficient (Wildman–Crippen LogP) is 4.28. The number of hydrogen-bond donors (Lipinski definition) is 1. The SMILES string of the molecule is CC(C)COc1cc(OC(C)C)cc(C(=O)Nc2ncc(CC#N)s2)c1. The van der Waals surface area contributed by atoms with Gasteiger partial charge in [0.1, 0.15) is 11.5 Å². The molecule has 0 spiro atoms. The Balaban J connectivity index is 2.19. The van der Waals surface area contributed by atoms with E-state index in [0.717, 1.165) is 4.88 Å². The van der Waals surface area contributed by atoms with Crippen molar-refractivity contribution < 1.29 is 14.3 Å². The van der Waals surface area contributed by atoms with Gasteiger partial charge in [0, 0.05) is 22.7 Å². The van der Waals surface area contributed by atoms with Gasteiger partial charge in [0.2, 0.25) is 0 Å². The van der Waals surface area contributed by atoms with Crippen LogP contribution < -0.4 is 14.8 Å². The number of hydrogen-bond acceptors (Lipinski definition) is 6. The van der Waals surface area contributed by atoms with Crippen molar-refractivity contribution >= 4 is 22.4 Å². The summed E-state index contributed by atoms with van der Waals surface area (Å²) < 4.78 is 11.5. The van der Waals surface area contributed by atoms with Gasteiger partial charge in [-0.1, -0.05) is 13.8 Å². The van der Waals surface area contributed by atoms with Gasteiger partial charge in [-0.15, -0.1) is 11.3 Å². The first-order valence-corrected chi connectivity index (χ1v) is 9.26. The molecule has 0 aliphatic carbocycles. The molecular formula is C19H23N3O3S. The second-order valence-electron chi connectivity index (χ2n) is 6.49. The first-order valence-electron chi connectivity index (χ1n) is 8.45. The molecule has 0 fully saturated rings. The van der Waals surface area contributed by atoms with Gasteiger partial charge >= 0.3 is 0 Å². The fourth-order valence-corrected chi connectivity index (χ4v) is 2.82. The molecule has 0 saturated carbocycles. The summed E-state index contributed by atoms with van der Waals surface area (Å²) in [5.41, 5.74) is 0.430. The zero-order valence-corrected chi connectivity index (χ0v) is 16.2. The minimum Gasteiger partial charge on any atom is -0.493 e. The zero-order chi connectivity index (χ0) is 19.1. The number of benzene rings is 1. The van der Waals surface area contributed by atoms with E-state index in [4.69, 9.17) is 14.7 Å². The Morgan fingerprint density at radius 1 is 1.27 bits per heavy atom. The van der Waals surface area contributed by atoms with Crippen molar-refractivity contribution in [1.29, 1.82) is 5.26 Å². The average molecular weight is 373 g/mol. The van der Waals surface area contributed by atoms with Crippen LogP contribution in [0.25, 0.3) is 0 Å². The smallest absolute Gasteiger partial charge is 0.257 e. The topological polar surface area (TPSA) is 84.2 Å². The number of anilines is 1. The maximum Gasteiger partial charge on any atom is 0.257 e. The van der Waals surface area contributed by atoms with Crippen LogP contribution in [0.3, 0.4) is 0 Å². The largest absolute Gasteiger partial charge is 0.493 e. The first kappa shape index (κ1) is 19.7. The number of carbonyl (C=O) groups is 1. The molecule has 1 N–H and O–H groups in total. The van der Waals surface area contributed by atoms with Crippen LogP contribution in [0.2, 0.25) is 0 Å². The van der Waals surface area contributed by atoms with E-state index in [1.165, 1.54) is 11.3 Å². The normalized spacial score (nSPS) is 10.7. The Morgan fingerprint density at radius 2 is 2.00 bits per heavy atom. The first-order chi connectivity index (χ1) is 12.4. The summed E-state index contributed by atoms with van der Waals surface area (Å²) in [4.78, 5) is 17.5. The highest BCUT2D eigenvalue weighted by Gasteiger charge is 2.14. The molecule has 0 radical (unpaired) electrons. The van der Waals surface area contributed by atoms with Crippen molar-refractivity contribution in [2.45, 2.75) is 40.2 Å². The van der Waals surface area contributed by atoms with Gasteiger partial charge < -0.3 is 9.47 Å². The molecule has 26 heavy (non-hydrogen) atoms. The van der Waals surface area contributed by atoms with Gasteiger partial charge in [-0.2, -0.15) is 5.26 Å². The highest BCUT2D eigenvalue weighted by Crippen LogP contribution is 2.26. The van der Waals surface area contributed by atoms with Crippen LogP contribution in [-0.2, 0) is 6.42 Å². The van der Waals surface area contributed by atoms with Gasteiger partial charge in [-0.25, -0.2) is 4.98 Å². The maximum absolute atomic E-state index is 12.6. The molecule has 1 amide bonds. The van der Waals surface area contributed by atoms with Crippen LogP contribution in [0, 0.1) is 17.2 Å². The van der Waals surface area contributed by atoms with Crippen LogP contribution in [0.4, 0.5) is 5.13 Å². The number of carbonyl (C=O) groups excluding carboxylic acids is 1. The lowest BCUT2D eigenvalue weighted by molar-refractivity contribution is 0.102. The number of rotatable bonds is 8. The van der Waals surface area contributed by atoms with E-state index >= 15 is 0 Å². The average Bonchev–Trinajstić information content (AvgIpc) is 2.99. The van der Waals surface area contributed by atoms with Gasteiger partial charge in [-0.3, -0.25) is 10.1 Å². The van der Waals surface area contributed by atoms with E-state index in [1.807, 2.05) is 13.8 Å². The Bertz CT molecular complexity index is 794. The molecule has 1 heterocycles. The molecule has 0 aliphatic heterocycles. The van der Waals surface area contributed by atoms with E-state index < -0.39 is 0 Å². The van der Waals surface area contributed by atoms with Crippen LogP contribution >= 0.6 is 11.3 Å². The molecule has 0 atom stereocenters. The molecule has 0 saturated heterocycles. The Hall–Kier alpha value is -2.59. The number of aromatic nitrogens is 1. The summed E-state index contributed by atoms with van der Waals surface area (Å²) in [6, 6.07) is 7.22. The van der Waals surface area contributed by atoms with Crippen LogP contribution in [0.1, 0.15) is 42.9 Å². The molecule has 1 aromatic carbocycles. The monoisotopic (exact) mass is 373 g/mol. The Morgan fingerprint density at radius 3 is 2.65 bits per heavy atom. The molecular weight excluding hydrogens is 350 g/mol. The van der Waals surface area contributed by atoms with Crippen molar-refractivity contribution in [2.75, 3.05) is 11.9 Å². The van der Waals surface area contributed by atoms with E-state index in [0.29, 0.717) is 34.7 Å². The molecule has 0 aliphatic rings.